The molecule has 0 bridgehead atoms. The van der Waals surface area contributed by atoms with Gasteiger partial charge in [-0.05, 0) is 36.4 Å². The molecule has 8 nitrogen and oxygen atoms in total. The zero-order valence-electron chi connectivity index (χ0n) is 21.1. The van der Waals surface area contributed by atoms with Crippen molar-refractivity contribution in [2.75, 3.05) is 49.1 Å². The summed E-state index contributed by atoms with van der Waals surface area (Å²) in [5, 5.41) is 4.89. The van der Waals surface area contributed by atoms with E-state index in [0.717, 1.165) is 31.8 Å². The smallest absolute Gasteiger partial charge is 0.384 e. The summed E-state index contributed by atoms with van der Waals surface area (Å²) in [4.78, 5) is 24.6. The third-order valence-electron chi connectivity index (χ3n) is 6.20. The lowest BCUT2D eigenvalue weighted by Gasteiger charge is -2.34. The molecule has 12 heteroatoms. The van der Waals surface area contributed by atoms with Gasteiger partial charge in [-0.15, -0.1) is 0 Å². The van der Waals surface area contributed by atoms with Gasteiger partial charge in [0, 0.05) is 62.4 Å². The van der Waals surface area contributed by atoms with Crippen LogP contribution >= 0.6 is 0 Å². The van der Waals surface area contributed by atoms with Gasteiger partial charge < -0.3 is 16.0 Å². The van der Waals surface area contributed by atoms with Crippen molar-refractivity contribution >= 4 is 23.4 Å². The number of alkyl halides is 3. The van der Waals surface area contributed by atoms with E-state index in [1.165, 1.54) is 30.6 Å². The summed E-state index contributed by atoms with van der Waals surface area (Å²) in [5.74, 6) is 4.88. The normalized spacial score (nSPS) is 14.4. The molecule has 3 aromatic rings. The molecule has 0 saturated carbocycles. The molecule has 2 amide bonds. The topological polar surface area (TPSA) is 99.4 Å². The van der Waals surface area contributed by atoms with Crippen LogP contribution in [-0.4, -0.2) is 58.5 Å². The second-order valence-electron chi connectivity index (χ2n) is 8.93. The highest BCUT2D eigenvalue weighted by molar-refractivity contribution is 5.99. The maximum atomic E-state index is 13.9. The molecule has 0 radical (unpaired) electrons. The van der Waals surface area contributed by atoms with E-state index in [4.69, 9.17) is 5.73 Å². The van der Waals surface area contributed by atoms with Crippen molar-refractivity contribution in [3.05, 3.63) is 76.9 Å². The molecule has 1 saturated heterocycles. The number of urea groups is 1. The number of amides is 2. The molecule has 4 N–H and O–H groups in total. The lowest BCUT2D eigenvalue weighted by Crippen LogP contribution is -2.45. The molecule has 1 fully saturated rings. The van der Waals surface area contributed by atoms with E-state index in [9.17, 15) is 22.4 Å². The zero-order chi connectivity index (χ0) is 28.0. The summed E-state index contributed by atoms with van der Waals surface area (Å²) in [6.07, 6.45) is -1.99. The van der Waals surface area contributed by atoms with Gasteiger partial charge in [-0.25, -0.2) is 19.2 Å². The van der Waals surface area contributed by atoms with Crippen LogP contribution in [0.4, 0.5) is 39.7 Å². The molecule has 2 aromatic heterocycles. The lowest BCUT2D eigenvalue weighted by molar-refractivity contribution is -0.138. The average molecular weight is 542 g/mol. The van der Waals surface area contributed by atoms with Gasteiger partial charge in [0.2, 0.25) is 0 Å². The molecular formula is C27H27F4N7O. The first-order valence-corrected chi connectivity index (χ1v) is 12.2. The van der Waals surface area contributed by atoms with E-state index in [0.29, 0.717) is 18.7 Å². The van der Waals surface area contributed by atoms with Crippen LogP contribution in [0.25, 0.3) is 0 Å². The van der Waals surface area contributed by atoms with E-state index in [1.807, 2.05) is 4.90 Å². The lowest BCUT2D eigenvalue weighted by atomic mass is 10.0. The number of hydrogen-bond acceptors (Lipinski definition) is 6. The van der Waals surface area contributed by atoms with Crippen LogP contribution in [0.5, 0.6) is 0 Å². The van der Waals surface area contributed by atoms with Crippen molar-refractivity contribution in [2.45, 2.75) is 19.6 Å². The molecule has 4 rings (SSSR count). The first kappa shape index (κ1) is 27.8. The second kappa shape index (κ2) is 12.1. The molecule has 39 heavy (non-hydrogen) atoms. The van der Waals surface area contributed by atoms with Gasteiger partial charge in [-0.1, -0.05) is 24.8 Å². The number of pyridine rings is 2. The van der Waals surface area contributed by atoms with Gasteiger partial charge in [0.25, 0.3) is 0 Å². The fraction of sp³-hybridized carbons (Fsp3) is 0.296. The highest BCUT2D eigenvalue weighted by Crippen LogP contribution is 2.34. The molecule has 0 aliphatic carbocycles. The van der Waals surface area contributed by atoms with Gasteiger partial charge in [-0.3, -0.25) is 10.2 Å². The van der Waals surface area contributed by atoms with E-state index in [1.54, 1.807) is 6.07 Å². The number of nitrogens with zero attached hydrogens (tertiary/aromatic N) is 4. The Hall–Kier alpha value is -4.21. The number of halogens is 4. The van der Waals surface area contributed by atoms with Crippen molar-refractivity contribution in [1.29, 1.82) is 0 Å². The molecular weight excluding hydrogens is 514 g/mol. The van der Waals surface area contributed by atoms with Crippen molar-refractivity contribution in [1.82, 2.24) is 19.8 Å². The standard InChI is InChI=1S/C27H27F4N7O/c1-2-37-9-11-38(12-10-37)17-20-5-6-21(14-22(20)27(29,30)31)35-26(39)36-25-13-18(7-8-33-25)3-4-19-16-34-24(32)15-23(19)28/h5-8,13-16H,2,9-12,17H2,1H3,(H2,32,34)(H2,33,35,36,39). The molecule has 1 aromatic carbocycles. The van der Waals surface area contributed by atoms with Gasteiger partial charge in [0.15, 0.2) is 0 Å². The first-order chi connectivity index (χ1) is 18.6. The number of nitrogens with two attached hydrogens (primary N) is 1. The van der Waals surface area contributed by atoms with Gasteiger partial charge in [0.1, 0.15) is 17.5 Å². The Morgan fingerprint density at radius 1 is 1.03 bits per heavy atom. The highest BCUT2D eigenvalue weighted by atomic mass is 19.4. The number of benzene rings is 1. The molecule has 0 atom stereocenters. The van der Waals surface area contributed by atoms with Crippen molar-refractivity contribution in [2.24, 2.45) is 0 Å². The predicted octanol–water partition coefficient (Wildman–Crippen LogP) is 4.40. The zero-order valence-corrected chi connectivity index (χ0v) is 21.1. The molecule has 204 valence electrons. The molecule has 1 aliphatic heterocycles. The van der Waals surface area contributed by atoms with Crippen LogP contribution in [0, 0.1) is 17.7 Å². The Labute approximate surface area is 223 Å². The largest absolute Gasteiger partial charge is 0.416 e. The van der Waals surface area contributed by atoms with Gasteiger partial charge in [0.05, 0.1) is 11.1 Å². The van der Waals surface area contributed by atoms with Crippen LogP contribution in [-0.2, 0) is 12.7 Å². The van der Waals surface area contributed by atoms with Crippen LogP contribution in [0.3, 0.4) is 0 Å². The monoisotopic (exact) mass is 541 g/mol. The number of nitrogen functional groups attached to an aromatic ring is 1. The Kier molecular flexibility index (Phi) is 8.63. The number of piperazine rings is 1. The van der Waals surface area contributed by atoms with Crippen LogP contribution in [0.15, 0.2) is 48.8 Å². The van der Waals surface area contributed by atoms with E-state index in [-0.39, 0.29) is 35.0 Å². The maximum absolute atomic E-state index is 13.9. The van der Waals surface area contributed by atoms with E-state index < -0.39 is 23.6 Å². The minimum Gasteiger partial charge on any atom is -0.384 e. The molecule has 0 unspecified atom stereocenters. The summed E-state index contributed by atoms with van der Waals surface area (Å²) in [6, 6.07) is 7.03. The number of aromatic nitrogens is 2. The third kappa shape index (κ3) is 7.66. The Bertz CT molecular complexity index is 1390. The number of carbonyl (C=O) groups excluding carboxylic acids is 1. The number of carbonyl (C=O) groups is 1. The summed E-state index contributed by atoms with van der Waals surface area (Å²) >= 11 is 0. The van der Waals surface area contributed by atoms with Crippen molar-refractivity contribution < 1.29 is 22.4 Å². The number of hydrogen-bond donors (Lipinski definition) is 3. The van der Waals surface area contributed by atoms with Crippen molar-refractivity contribution in [3.8, 4) is 11.8 Å². The SMILES string of the molecule is CCN1CCN(Cc2ccc(NC(=O)Nc3cc(C#Cc4cnc(N)cc4F)ccn3)cc2C(F)(F)F)CC1. The van der Waals surface area contributed by atoms with Crippen LogP contribution < -0.4 is 16.4 Å². The average Bonchev–Trinajstić information content (AvgIpc) is 2.89. The summed E-state index contributed by atoms with van der Waals surface area (Å²) in [5.41, 5.74) is 5.23. The first-order valence-electron chi connectivity index (χ1n) is 12.2. The van der Waals surface area contributed by atoms with Crippen molar-refractivity contribution in [3.63, 3.8) is 0 Å². The second-order valence-corrected chi connectivity index (χ2v) is 8.93. The summed E-state index contributed by atoms with van der Waals surface area (Å²) < 4.78 is 55.5. The minimum atomic E-state index is -4.58. The van der Waals surface area contributed by atoms with Gasteiger partial charge >= 0.3 is 12.2 Å². The predicted molar refractivity (Wildman–Crippen MR) is 140 cm³/mol. The third-order valence-corrected chi connectivity index (χ3v) is 6.20. The number of likely N-dealkylation sites (N-methyl/N-ethyl adjacent to an activating group) is 1. The van der Waals surface area contributed by atoms with Crippen LogP contribution in [0.2, 0.25) is 0 Å². The number of anilines is 3. The summed E-state index contributed by atoms with van der Waals surface area (Å²) in [7, 11) is 0. The molecule has 3 heterocycles. The highest BCUT2D eigenvalue weighted by Gasteiger charge is 2.34. The van der Waals surface area contributed by atoms with E-state index in [2.05, 4.69) is 44.3 Å². The van der Waals surface area contributed by atoms with Crippen LogP contribution in [0.1, 0.15) is 29.2 Å². The number of nitrogens with one attached hydrogen (secondary N) is 2. The Morgan fingerprint density at radius 2 is 1.77 bits per heavy atom. The maximum Gasteiger partial charge on any atom is 0.416 e. The number of rotatable bonds is 5. The molecule has 1 aliphatic rings. The fourth-order valence-corrected chi connectivity index (χ4v) is 4.09. The Morgan fingerprint density at radius 3 is 2.46 bits per heavy atom. The minimum absolute atomic E-state index is 0.0124. The Balaban J connectivity index is 1.42. The van der Waals surface area contributed by atoms with Gasteiger partial charge in [-0.2, -0.15) is 13.2 Å². The van der Waals surface area contributed by atoms with E-state index >= 15 is 0 Å². The summed E-state index contributed by atoms with van der Waals surface area (Å²) in [6.45, 7) is 6.16. The quantitative estimate of drug-likeness (QED) is 0.327. The fourth-order valence-electron chi connectivity index (χ4n) is 4.09. The molecule has 0 spiro atoms.